The molecule has 2 N–H and O–H groups in total. The molecule has 0 aliphatic carbocycles. The highest BCUT2D eigenvalue weighted by atomic mass is 32.2. The number of carbonyl (C=O) groups excluding carboxylic acids is 2. The number of hydrogen-bond donors (Lipinski definition) is 2. The number of sulfonamides is 1. The summed E-state index contributed by atoms with van der Waals surface area (Å²) in [5.74, 6) is -0.573. The van der Waals surface area contributed by atoms with E-state index in [0.717, 1.165) is 12.0 Å². The van der Waals surface area contributed by atoms with E-state index >= 15 is 0 Å². The number of nitrogens with one attached hydrogen (secondary N) is 2. The van der Waals surface area contributed by atoms with Crippen LogP contribution in [0.2, 0.25) is 0 Å². The number of benzene rings is 2. The molecular formula is C21H26N2O5S. The minimum Gasteiger partial charge on any atom is -0.462 e. The normalized spacial score (nSPS) is 11.1. The fraction of sp³-hybridized carbons (Fsp3) is 0.333. The highest BCUT2D eigenvalue weighted by molar-refractivity contribution is 7.89. The van der Waals surface area contributed by atoms with Crippen LogP contribution >= 0.6 is 0 Å². The molecule has 0 spiro atoms. The van der Waals surface area contributed by atoms with Gasteiger partial charge >= 0.3 is 5.97 Å². The molecule has 0 aromatic heterocycles. The Morgan fingerprint density at radius 3 is 2.21 bits per heavy atom. The molecule has 0 atom stereocenters. The van der Waals surface area contributed by atoms with E-state index in [9.17, 15) is 18.0 Å². The number of hydrogen-bond acceptors (Lipinski definition) is 5. The summed E-state index contributed by atoms with van der Waals surface area (Å²) in [6.45, 7) is 4.33. The predicted octanol–water partition coefficient (Wildman–Crippen LogP) is 3.12. The molecule has 0 bridgehead atoms. The summed E-state index contributed by atoms with van der Waals surface area (Å²) in [5.41, 5.74) is 1.88. The van der Waals surface area contributed by atoms with Gasteiger partial charge in [-0.05, 0) is 61.7 Å². The Bertz CT molecular complexity index is 923. The van der Waals surface area contributed by atoms with Crippen LogP contribution in [-0.2, 0) is 26.0 Å². The molecule has 2 aromatic rings. The van der Waals surface area contributed by atoms with Gasteiger partial charge in [-0.3, -0.25) is 4.79 Å². The van der Waals surface area contributed by atoms with Gasteiger partial charge in [-0.15, -0.1) is 0 Å². The Morgan fingerprint density at radius 1 is 0.966 bits per heavy atom. The first kappa shape index (κ1) is 22.6. The summed E-state index contributed by atoms with van der Waals surface area (Å²) < 4.78 is 31.6. The van der Waals surface area contributed by atoms with Crippen molar-refractivity contribution >= 4 is 27.6 Å². The topological polar surface area (TPSA) is 102 Å². The molecule has 156 valence electrons. The Labute approximate surface area is 171 Å². The smallest absolute Gasteiger partial charge is 0.338 e. The summed E-state index contributed by atoms with van der Waals surface area (Å²) in [5, 5.41) is 2.77. The van der Waals surface area contributed by atoms with Crippen LogP contribution in [0.1, 0.15) is 42.6 Å². The second-order valence-corrected chi connectivity index (χ2v) is 8.15. The number of anilines is 1. The van der Waals surface area contributed by atoms with Crippen LogP contribution in [0.5, 0.6) is 0 Å². The van der Waals surface area contributed by atoms with Crippen LogP contribution in [0.25, 0.3) is 0 Å². The third-order valence-corrected chi connectivity index (χ3v) is 5.57. The van der Waals surface area contributed by atoms with Gasteiger partial charge in [0.15, 0.2) is 0 Å². The highest BCUT2D eigenvalue weighted by Gasteiger charge is 2.13. The molecule has 29 heavy (non-hydrogen) atoms. The van der Waals surface area contributed by atoms with Crippen LogP contribution in [0.3, 0.4) is 0 Å². The molecule has 0 unspecified atom stereocenters. The number of amides is 1. The monoisotopic (exact) mass is 418 g/mol. The van der Waals surface area contributed by atoms with Crippen molar-refractivity contribution in [2.45, 2.75) is 38.0 Å². The van der Waals surface area contributed by atoms with Crippen molar-refractivity contribution in [3.05, 3.63) is 59.7 Å². The fourth-order valence-electron chi connectivity index (χ4n) is 2.54. The highest BCUT2D eigenvalue weighted by Crippen LogP contribution is 2.14. The number of aryl methyl sites for hydroxylation is 1. The third-order valence-electron chi connectivity index (χ3n) is 4.10. The largest absolute Gasteiger partial charge is 0.462 e. The average molecular weight is 419 g/mol. The van der Waals surface area contributed by atoms with Gasteiger partial charge in [-0.1, -0.05) is 19.1 Å². The van der Waals surface area contributed by atoms with Crippen LogP contribution in [0, 0.1) is 0 Å². The van der Waals surface area contributed by atoms with E-state index < -0.39 is 16.0 Å². The quantitative estimate of drug-likeness (QED) is 0.577. The number of esters is 1. The third kappa shape index (κ3) is 6.99. The lowest BCUT2D eigenvalue weighted by atomic mass is 10.1. The SMILES string of the molecule is CCCNS(=O)(=O)c1ccc(CCC(=O)Nc2ccc(C(=O)OCC)cc2)cc1. The number of carbonyl (C=O) groups is 2. The van der Waals surface area contributed by atoms with E-state index in [1.807, 2.05) is 6.92 Å². The fourth-order valence-corrected chi connectivity index (χ4v) is 3.67. The van der Waals surface area contributed by atoms with Crippen LogP contribution in [-0.4, -0.2) is 33.4 Å². The second-order valence-electron chi connectivity index (χ2n) is 6.39. The molecule has 0 saturated carbocycles. The standard InChI is InChI=1S/C21H26N2O5S/c1-3-15-22-29(26,27)19-12-5-16(6-13-19)7-14-20(24)23-18-10-8-17(9-11-18)21(25)28-4-2/h5-6,8-13,22H,3-4,7,14-15H2,1-2H3,(H,23,24). The lowest BCUT2D eigenvalue weighted by molar-refractivity contribution is -0.116. The van der Waals surface area contributed by atoms with Crippen LogP contribution < -0.4 is 10.0 Å². The van der Waals surface area contributed by atoms with Crippen LogP contribution in [0.4, 0.5) is 5.69 Å². The molecule has 0 aliphatic rings. The van der Waals surface area contributed by atoms with Crippen molar-refractivity contribution in [3.63, 3.8) is 0 Å². The minimum atomic E-state index is -3.49. The lowest BCUT2D eigenvalue weighted by Gasteiger charge is -2.08. The zero-order valence-corrected chi connectivity index (χ0v) is 17.4. The molecule has 1 amide bonds. The van der Waals surface area contributed by atoms with E-state index in [1.165, 1.54) is 0 Å². The molecule has 2 aromatic carbocycles. The maximum Gasteiger partial charge on any atom is 0.338 e. The van der Waals surface area contributed by atoms with Crippen molar-refractivity contribution in [1.82, 2.24) is 4.72 Å². The minimum absolute atomic E-state index is 0.171. The first-order chi connectivity index (χ1) is 13.9. The van der Waals surface area contributed by atoms with E-state index in [4.69, 9.17) is 4.74 Å². The summed E-state index contributed by atoms with van der Waals surface area (Å²) in [6.07, 6.45) is 1.45. The van der Waals surface area contributed by atoms with E-state index in [1.54, 1.807) is 55.5 Å². The molecule has 0 fully saturated rings. The molecule has 0 saturated heterocycles. The predicted molar refractivity (Wildman–Crippen MR) is 111 cm³/mol. The Balaban J connectivity index is 1.87. The van der Waals surface area contributed by atoms with Gasteiger partial charge in [0.2, 0.25) is 15.9 Å². The van der Waals surface area contributed by atoms with Crippen molar-refractivity contribution in [3.8, 4) is 0 Å². The summed E-state index contributed by atoms with van der Waals surface area (Å²) >= 11 is 0. The molecule has 0 heterocycles. The Kier molecular flexibility index (Phi) is 8.35. The zero-order chi connectivity index (χ0) is 21.3. The van der Waals surface area contributed by atoms with Gasteiger partial charge in [-0.25, -0.2) is 17.9 Å². The molecule has 7 nitrogen and oxygen atoms in total. The van der Waals surface area contributed by atoms with E-state index in [0.29, 0.717) is 30.8 Å². The maximum atomic E-state index is 12.1. The van der Waals surface area contributed by atoms with E-state index in [2.05, 4.69) is 10.0 Å². The summed E-state index contributed by atoms with van der Waals surface area (Å²) in [6, 6.07) is 13.0. The maximum absolute atomic E-state index is 12.1. The van der Waals surface area contributed by atoms with Gasteiger partial charge < -0.3 is 10.1 Å². The van der Waals surface area contributed by atoms with Gasteiger partial charge in [0, 0.05) is 18.7 Å². The molecule has 0 radical (unpaired) electrons. The average Bonchev–Trinajstić information content (AvgIpc) is 2.72. The van der Waals surface area contributed by atoms with Gasteiger partial charge in [0.25, 0.3) is 0 Å². The van der Waals surface area contributed by atoms with Gasteiger partial charge in [0.05, 0.1) is 17.1 Å². The van der Waals surface area contributed by atoms with Crippen LogP contribution in [0.15, 0.2) is 53.4 Å². The Morgan fingerprint density at radius 2 is 1.62 bits per heavy atom. The van der Waals surface area contributed by atoms with Crippen molar-refractivity contribution < 1.29 is 22.7 Å². The Hall–Kier alpha value is -2.71. The van der Waals surface area contributed by atoms with Crippen molar-refractivity contribution in [1.29, 1.82) is 0 Å². The molecule has 0 aliphatic heterocycles. The zero-order valence-electron chi connectivity index (χ0n) is 16.6. The molecule has 2 rings (SSSR count). The number of ether oxygens (including phenoxy) is 1. The van der Waals surface area contributed by atoms with Crippen molar-refractivity contribution in [2.75, 3.05) is 18.5 Å². The van der Waals surface area contributed by atoms with Gasteiger partial charge in [0.1, 0.15) is 0 Å². The first-order valence-corrected chi connectivity index (χ1v) is 11.0. The van der Waals surface area contributed by atoms with E-state index in [-0.39, 0.29) is 17.2 Å². The number of rotatable bonds is 10. The molecule has 8 heteroatoms. The van der Waals surface area contributed by atoms with Gasteiger partial charge in [-0.2, -0.15) is 0 Å². The lowest BCUT2D eigenvalue weighted by Crippen LogP contribution is -2.24. The second kappa shape index (κ2) is 10.7. The molecular weight excluding hydrogens is 392 g/mol. The van der Waals surface area contributed by atoms with Crippen molar-refractivity contribution in [2.24, 2.45) is 0 Å². The summed E-state index contributed by atoms with van der Waals surface area (Å²) in [7, 11) is -3.49. The first-order valence-electron chi connectivity index (χ1n) is 9.51. The summed E-state index contributed by atoms with van der Waals surface area (Å²) in [4.78, 5) is 24.0.